The monoisotopic (exact) mass is 294 g/mol. The maximum Gasteiger partial charge on any atom is 0.178 e. The summed E-state index contributed by atoms with van der Waals surface area (Å²) in [6, 6.07) is 14.3. The third kappa shape index (κ3) is 2.53. The van der Waals surface area contributed by atoms with Crippen LogP contribution in [0, 0.1) is 0 Å². The molecule has 0 amide bonds. The van der Waals surface area contributed by atoms with Crippen LogP contribution in [0.1, 0.15) is 11.4 Å². The summed E-state index contributed by atoms with van der Waals surface area (Å²) in [7, 11) is 0. The lowest BCUT2D eigenvalue weighted by Crippen LogP contribution is -2.44. The summed E-state index contributed by atoms with van der Waals surface area (Å²) < 4.78 is 1.87. The summed E-state index contributed by atoms with van der Waals surface area (Å²) in [5.74, 6) is 1.86. The highest BCUT2D eigenvalue weighted by Gasteiger charge is 2.14. The molecule has 0 unspecified atom stereocenters. The number of aromatic nitrogens is 4. The molecule has 4 rings (SSSR count). The van der Waals surface area contributed by atoms with Crippen LogP contribution >= 0.6 is 0 Å². The van der Waals surface area contributed by atoms with Crippen molar-refractivity contribution in [1.82, 2.24) is 25.1 Å². The fraction of sp³-hybridized carbons (Fsp3) is 0.312. The number of piperazine rings is 1. The van der Waals surface area contributed by atoms with Crippen molar-refractivity contribution >= 4 is 11.5 Å². The normalized spacial score (nSPS) is 15.4. The Morgan fingerprint density at radius 3 is 2.59 bits per heavy atom. The summed E-state index contributed by atoms with van der Waals surface area (Å²) in [5, 5.41) is 16.6. The zero-order chi connectivity index (χ0) is 14.8. The van der Waals surface area contributed by atoms with Gasteiger partial charge in [-0.15, -0.1) is 15.3 Å². The van der Waals surface area contributed by atoms with Crippen LogP contribution in [0.3, 0.4) is 0 Å². The topological polar surface area (TPSA) is 58.4 Å². The van der Waals surface area contributed by atoms with E-state index in [2.05, 4.69) is 32.5 Å². The lowest BCUT2D eigenvalue weighted by atomic mass is 10.1. The molecule has 2 aromatic heterocycles. The van der Waals surface area contributed by atoms with Gasteiger partial charge in [-0.2, -0.15) is 4.52 Å². The molecule has 1 N–H and O–H groups in total. The Morgan fingerprint density at radius 1 is 0.955 bits per heavy atom. The van der Waals surface area contributed by atoms with Crippen LogP contribution in [0.15, 0.2) is 42.5 Å². The molecular weight excluding hydrogens is 276 g/mol. The van der Waals surface area contributed by atoms with E-state index in [1.807, 2.05) is 34.8 Å². The summed E-state index contributed by atoms with van der Waals surface area (Å²) >= 11 is 0. The molecule has 1 aliphatic rings. The van der Waals surface area contributed by atoms with Crippen LogP contribution in [-0.4, -0.2) is 46.0 Å². The summed E-state index contributed by atoms with van der Waals surface area (Å²) in [6.45, 7) is 3.96. The molecule has 1 fully saturated rings. The van der Waals surface area contributed by atoms with E-state index in [9.17, 15) is 0 Å². The standard InChI is InChI=1S/C16H18N6/c1-2-4-13(5-3-1)12-16-19-18-14-6-7-15(20-22(14)16)21-10-8-17-9-11-21/h1-7,17H,8-12H2. The van der Waals surface area contributed by atoms with Gasteiger partial charge in [0.25, 0.3) is 0 Å². The van der Waals surface area contributed by atoms with Crippen molar-refractivity contribution in [3.63, 3.8) is 0 Å². The summed E-state index contributed by atoms with van der Waals surface area (Å²) in [5.41, 5.74) is 2.01. The van der Waals surface area contributed by atoms with E-state index in [1.165, 1.54) is 5.56 Å². The Hall–Kier alpha value is -2.47. The first kappa shape index (κ1) is 13.2. The Morgan fingerprint density at radius 2 is 1.77 bits per heavy atom. The van der Waals surface area contributed by atoms with Crippen LogP contribution < -0.4 is 10.2 Å². The molecule has 6 heteroatoms. The minimum atomic E-state index is 0.736. The lowest BCUT2D eigenvalue weighted by Gasteiger charge is -2.28. The van der Waals surface area contributed by atoms with E-state index in [4.69, 9.17) is 5.10 Å². The van der Waals surface area contributed by atoms with Gasteiger partial charge in [0, 0.05) is 32.6 Å². The molecule has 3 aromatic rings. The number of fused-ring (bicyclic) bond motifs is 1. The largest absolute Gasteiger partial charge is 0.353 e. The van der Waals surface area contributed by atoms with Crippen LogP contribution in [0.25, 0.3) is 5.65 Å². The minimum Gasteiger partial charge on any atom is -0.353 e. The number of benzene rings is 1. The zero-order valence-corrected chi connectivity index (χ0v) is 12.3. The molecule has 0 bridgehead atoms. The molecule has 1 saturated heterocycles. The van der Waals surface area contributed by atoms with E-state index in [0.717, 1.165) is 49.9 Å². The molecule has 22 heavy (non-hydrogen) atoms. The van der Waals surface area contributed by atoms with Crippen molar-refractivity contribution in [3.05, 3.63) is 53.9 Å². The van der Waals surface area contributed by atoms with Crippen LogP contribution in [0.5, 0.6) is 0 Å². The molecule has 6 nitrogen and oxygen atoms in total. The van der Waals surface area contributed by atoms with Gasteiger partial charge in [0.2, 0.25) is 0 Å². The Kier molecular flexibility index (Phi) is 3.44. The van der Waals surface area contributed by atoms with E-state index >= 15 is 0 Å². The smallest absolute Gasteiger partial charge is 0.178 e. The van der Waals surface area contributed by atoms with Crippen molar-refractivity contribution < 1.29 is 0 Å². The van der Waals surface area contributed by atoms with Crippen LogP contribution in [0.4, 0.5) is 5.82 Å². The number of hydrogen-bond acceptors (Lipinski definition) is 5. The molecule has 1 aromatic carbocycles. The zero-order valence-electron chi connectivity index (χ0n) is 12.3. The van der Waals surface area contributed by atoms with Gasteiger partial charge in [-0.3, -0.25) is 0 Å². The van der Waals surface area contributed by atoms with E-state index in [1.54, 1.807) is 0 Å². The number of nitrogens with zero attached hydrogens (tertiary/aromatic N) is 5. The second-order valence-corrected chi connectivity index (χ2v) is 5.48. The van der Waals surface area contributed by atoms with Gasteiger partial charge in [-0.25, -0.2) is 0 Å². The van der Waals surface area contributed by atoms with Crippen molar-refractivity contribution in [3.8, 4) is 0 Å². The Balaban J connectivity index is 1.67. The number of hydrogen-bond donors (Lipinski definition) is 1. The molecule has 0 saturated carbocycles. The number of nitrogens with one attached hydrogen (secondary N) is 1. The fourth-order valence-corrected chi connectivity index (χ4v) is 2.77. The van der Waals surface area contributed by atoms with Gasteiger partial charge in [0.05, 0.1) is 0 Å². The predicted molar refractivity (Wildman–Crippen MR) is 85.1 cm³/mol. The first-order valence-electron chi connectivity index (χ1n) is 7.61. The van der Waals surface area contributed by atoms with Gasteiger partial charge in [-0.1, -0.05) is 30.3 Å². The molecule has 1 aliphatic heterocycles. The van der Waals surface area contributed by atoms with Gasteiger partial charge in [0.1, 0.15) is 5.82 Å². The van der Waals surface area contributed by atoms with E-state index in [-0.39, 0.29) is 0 Å². The summed E-state index contributed by atoms with van der Waals surface area (Å²) in [4.78, 5) is 2.29. The number of anilines is 1. The molecule has 0 atom stereocenters. The van der Waals surface area contributed by atoms with Crippen LogP contribution in [0.2, 0.25) is 0 Å². The first-order chi connectivity index (χ1) is 10.9. The molecular formula is C16H18N6. The minimum absolute atomic E-state index is 0.736. The first-order valence-corrected chi connectivity index (χ1v) is 7.61. The average molecular weight is 294 g/mol. The maximum absolute atomic E-state index is 4.74. The van der Waals surface area contributed by atoms with Gasteiger partial charge < -0.3 is 10.2 Å². The van der Waals surface area contributed by atoms with E-state index < -0.39 is 0 Å². The second-order valence-electron chi connectivity index (χ2n) is 5.48. The molecule has 0 aliphatic carbocycles. The SMILES string of the molecule is c1ccc(Cc2nnc3ccc(N4CCNCC4)nn23)cc1. The molecule has 3 heterocycles. The lowest BCUT2D eigenvalue weighted by molar-refractivity contribution is 0.581. The summed E-state index contributed by atoms with van der Waals surface area (Å²) in [6.07, 6.45) is 0.736. The van der Waals surface area contributed by atoms with Gasteiger partial charge in [0.15, 0.2) is 11.5 Å². The molecule has 0 spiro atoms. The van der Waals surface area contributed by atoms with Crippen molar-refractivity contribution in [2.75, 3.05) is 31.1 Å². The quantitative estimate of drug-likeness (QED) is 0.784. The third-order valence-electron chi connectivity index (χ3n) is 3.96. The fourth-order valence-electron chi connectivity index (χ4n) is 2.77. The van der Waals surface area contributed by atoms with Crippen LogP contribution in [-0.2, 0) is 6.42 Å². The van der Waals surface area contributed by atoms with Crippen molar-refractivity contribution in [1.29, 1.82) is 0 Å². The highest BCUT2D eigenvalue weighted by atomic mass is 15.4. The van der Waals surface area contributed by atoms with Crippen molar-refractivity contribution in [2.24, 2.45) is 0 Å². The van der Waals surface area contributed by atoms with Crippen molar-refractivity contribution in [2.45, 2.75) is 6.42 Å². The Bertz CT molecular complexity index is 761. The second kappa shape index (κ2) is 5.73. The number of rotatable bonds is 3. The maximum atomic E-state index is 4.74. The molecule has 112 valence electrons. The highest BCUT2D eigenvalue weighted by molar-refractivity contribution is 5.46. The average Bonchev–Trinajstić information content (AvgIpc) is 2.99. The Labute approximate surface area is 128 Å². The third-order valence-corrected chi connectivity index (χ3v) is 3.96. The highest BCUT2D eigenvalue weighted by Crippen LogP contribution is 2.14. The predicted octanol–water partition coefficient (Wildman–Crippen LogP) is 1.12. The van der Waals surface area contributed by atoms with Gasteiger partial charge >= 0.3 is 0 Å². The van der Waals surface area contributed by atoms with Gasteiger partial charge in [-0.05, 0) is 17.7 Å². The van der Waals surface area contributed by atoms with E-state index in [0.29, 0.717) is 0 Å². The molecule has 0 radical (unpaired) electrons.